The maximum atomic E-state index is 12.6. The van der Waals surface area contributed by atoms with E-state index in [0.717, 1.165) is 11.4 Å². The number of nitrogens with zero attached hydrogens (tertiary/aromatic N) is 5. The molecule has 3 rings (SSSR count). The Kier molecular flexibility index (Phi) is 5.88. The molecule has 9 nitrogen and oxygen atoms in total. The Balaban J connectivity index is 1.72. The number of hydrogen-bond donors (Lipinski definition) is 2. The Labute approximate surface area is 167 Å². The number of carbonyl (C=O) groups excluding carboxylic acids is 1. The lowest BCUT2D eigenvalue weighted by Crippen LogP contribution is -2.24. The second kappa shape index (κ2) is 8.34. The number of ether oxygens (including phenoxy) is 1. The summed E-state index contributed by atoms with van der Waals surface area (Å²) in [5.74, 6) is 6.97. The lowest BCUT2D eigenvalue weighted by Gasteiger charge is -2.14. The van der Waals surface area contributed by atoms with Crippen molar-refractivity contribution in [1.82, 2.24) is 24.7 Å². The van der Waals surface area contributed by atoms with Gasteiger partial charge in [0.05, 0.1) is 23.2 Å². The predicted octanol–water partition coefficient (Wildman–Crippen LogP) is 2.31. The molecular weight excluding hydrogens is 378 g/mol. The highest BCUT2D eigenvalue weighted by Crippen LogP contribution is 2.27. The summed E-state index contributed by atoms with van der Waals surface area (Å²) < 4.78 is 8.50. The Morgan fingerprint density at radius 3 is 2.75 bits per heavy atom. The molecule has 1 atom stereocenters. The molecule has 0 radical (unpaired) electrons. The van der Waals surface area contributed by atoms with Gasteiger partial charge < -0.3 is 15.9 Å². The molecule has 0 spiro atoms. The van der Waals surface area contributed by atoms with Crippen molar-refractivity contribution in [2.24, 2.45) is 0 Å². The van der Waals surface area contributed by atoms with Crippen LogP contribution in [-0.4, -0.2) is 42.4 Å². The summed E-state index contributed by atoms with van der Waals surface area (Å²) in [6, 6.07) is 9.23. The smallest absolute Gasteiger partial charge is 0.271 e. The van der Waals surface area contributed by atoms with E-state index in [-0.39, 0.29) is 5.91 Å². The molecule has 148 valence electrons. The van der Waals surface area contributed by atoms with Crippen molar-refractivity contribution in [2.45, 2.75) is 38.1 Å². The first kappa shape index (κ1) is 19.7. The summed E-state index contributed by atoms with van der Waals surface area (Å²) in [5, 5.41) is 15.4. The third-order valence-corrected chi connectivity index (χ3v) is 5.00. The maximum absolute atomic E-state index is 12.6. The number of aromatic nitrogens is 5. The van der Waals surface area contributed by atoms with Gasteiger partial charge in [-0.2, -0.15) is 5.10 Å². The molecule has 2 aromatic heterocycles. The molecule has 3 aromatic rings. The fraction of sp³-hybridized carbons (Fsp3) is 0.333. The van der Waals surface area contributed by atoms with Crippen LogP contribution >= 0.6 is 11.8 Å². The first-order chi connectivity index (χ1) is 13.4. The fourth-order valence-electron chi connectivity index (χ4n) is 2.62. The third-order valence-electron chi connectivity index (χ3n) is 3.94. The van der Waals surface area contributed by atoms with Gasteiger partial charge in [-0.3, -0.25) is 4.79 Å². The van der Waals surface area contributed by atoms with Crippen LogP contribution in [-0.2, 0) is 4.79 Å². The van der Waals surface area contributed by atoms with E-state index in [0.29, 0.717) is 29.1 Å². The summed E-state index contributed by atoms with van der Waals surface area (Å²) in [6.07, 6.45) is 0. The summed E-state index contributed by atoms with van der Waals surface area (Å²) in [6.45, 7) is 7.99. The van der Waals surface area contributed by atoms with E-state index in [1.165, 1.54) is 16.4 Å². The van der Waals surface area contributed by atoms with Crippen LogP contribution in [0.15, 0.2) is 35.5 Å². The van der Waals surface area contributed by atoms with Crippen molar-refractivity contribution in [3.05, 3.63) is 41.7 Å². The molecule has 10 heteroatoms. The number of para-hydroxylation sites is 2. The van der Waals surface area contributed by atoms with Crippen molar-refractivity contribution in [3.8, 4) is 11.7 Å². The van der Waals surface area contributed by atoms with Gasteiger partial charge in [-0.25, -0.2) is 9.36 Å². The molecule has 2 heterocycles. The number of carbonyl (C=O) groups is 1. The molecule has 0 saturated heterocycles. The van der Waals surface area contributed by atoms with Crippen molar-refractivity contribution in [1.29, 1.82) is 0 Å². The lowest BCUT2D eigenvalue weighted by atomic mass is 10.3. The van der Waals surface area contributed by atoms with E-state index >= 15 is 0 Å². The van der Waals surface area contributed by atoms with Gasteiger partial charge in [-0.05, 0) is 45.9 Å². The second-order valence-corrected chi connectivity index (χ2v) is 7.48. The van der Waals surface area contributed by atoms with Crippen LogP contribution in [0.1, 0.15) is 25.2 Å². The molecule has 0 unspecified atom stereocenters. The van der Waals surface area contributed by atoms with E-state index in [1.807, 2.05) is 45.0 Å². The highest BCUT2D eigenvalue weighted by molar-refractivity contribution is 8.00. The minimum Gasteiger partial charge on any atom is -0.492 e. The number of amides is 1. The summed E-state index contributed by atoms with van der Waals surface area (Å²) in [5.41, 5.74) is 2.38. The quantitative estimate of drug-likeness (QED) is 0.461. The Bertz CT molecular complexity index is 982. The molecule has 1 aromatic carbocycles. The van der Waals surface area contributed by atoms with Gasteiger partial charge in [-0.1, -0.05) is 23.9 Å². The zero-order chi connectivity index (χ0) is 20.3. The first-order valence-electron chi connectivity index (χ1n) is 8.84. The Morgan fingerprint density at radius 2 is 2.07 bits per heavy atom. The van der Waals surface area contributed by atoms with Crippen molar-refractivity contribution < 1.29 is 9.53 Å². The number of nitrogen functional groups attached to an aromatic ring is 1. The van der Waals surface area contributed by atoms with Crippen LogP contribution in [0, 0.1) is 13.8 Å². The molecule has 0 fully saturated rings. The SMILES string of the molecule is CCOc1ccccc1NC(=O)[C@@H](C)Sc1nnc(-n2nc(C)cc2C)n1N. The first-order valence-corrected chi connectivity index (χ1v) is 9.72. The molecule has 3 N–H and O–H groups in total. The minimum atomic E-state index is -0.450. The average molecular weight is 401 g/mol. The number of benzene rings is 1. The predicted molar refractivity (Wildman–Crippen MR) is 108 cm³/mol. The van der Waals surface area contributed by atoms with Crippen LogP contribution in [0.3, 0.4) is 0 Å². The molecule has 28 heavy (non-hydrogen) atoms. The zero-order valence-electron chi connectivity index (χ0n) is 16.2. The highest BCUT2D eigenvalue weighted by atomic mass is 32.2. The van der Waals surface area contributed by atoms with E-state index in [1.54, 1.807) is 17.7 Å². The van der Waals surface area contributed by atoms with Gasteiger partial charge in [0.15, 0.2) is 0 Å². The summed E-state index contributed by atoms with van der Waals surface area (Å²) >= 11 is 1.22. The van der Waals surface area contributed by atoms with Crippen LogP contribution in [0.5, 0.6) is 5.75 Å². The van der Waals surface area contributed by atoms with Crippen LogP contribution in [0.2, 0.25) is 0 Å². The van der Waals surface area contributed by atoms with Gasteiger partial charge in [0.1, 0.15) is 5.75 Å². The van der Waals surface area contributed by atoms with E-state index in [4.69, 9.17) is 10.6 Å². The summed E-state index contributed by atoms with van der Waals surface area (Å²) in [7, 11) is 0. The molecular formula is C18H23N7O2S. The van der Waals surface area contributed by atoms with E-state index in [2.05, 4.69) is 20.6 Å². The van der Waals surface area contributed by atoms with Gasteiger partial charge in [0.25, 0.3) is 5.95 Å². The number of hydrogen-bond acceptors (Lipinski definition) is 7. The van der Waals surface area contributed by atoms with Gasteiger partial charge in [-0.15, -0.1) is 10.2 Å². The van der Waals surface area contributed by atoms with Gasteiger partial charge >= 0.3 is 0 Å². The minimum absolute atomic E-state index is 0.187. The standard InChI is InChI=1S/C18H23N7O2S/c1-5-27-15-9-7-6-8-14(15)20-16(26)13(4)28-18-22-21-17(24(18)19)25-12(3)10-11(2)23-25/h6-10,13H,5,19H2,1-4H3,(H,20,26)/t13-/m1/s1. The Morgan fingerprint density at radius 1 is 1.32 bits per heavy atom. The van der Waals surface area contributed by atoms with Crippen molar-refractivity contribution >= 4 is 23.4 Å². The number of nitrogens with two attached hydrogens (primary N) is 1. The molecule has 0 aliphatic heterocycles. The summed E-state index contributed by atoms with van der Waals surface area (Å²) in [4.78, 5) is 12.6. The monoisotopic (exact) mass is 401 g/mol. The van der Waals surface area contributed by atoms with Gasteiger partial charge in [0.2, 0.25) is 11.1 Å². The van der Waals surface area contributed by atoms with Crippen LogP contribution in [0.25, 0.3) is 5.95 Å². The number of aryl methyl sites for hydroxylation is 2. The van der Waals surface area contributed by atoms with Gasteiger partial charge in [0, 0.05) is 5.69 Å². The van der Waals surface area contributed by atoms with E-state index < -0.39 is 5.25 Å². The Hall–Kier alpha value is -3.01. The number of thioether (sulfide) groups is 1. The van der Waals surface area contributed by atoms with Crippen LogP contribution in [0.4, 0.5) is 5.69 Å². The number of nitrogens with one attached hydrogen (secondary N) is 1. The maximum Gasteiger partial charge on any atom is 0.271 e. The topological polar surface area (TPSA) is 113 Å². The molecule has 0 aliphatic rings. The van der Waals surface area contributed by atoms with E-state index in [9.17, 15) is 4.79 Å². The second-order valence-electron chi connectivity index (χ2n) is 6.17. The average Bonchev–Trinajstić information content (AvgIpc) is 3.18. The lowest BCUT2D eigenvalue weighted by molar-refractivity contribution is -0.115. The molecule has 0 saturated carbocycles. The zero-order valence-corrected chi connectivity index (χ0v) is 17.0. The molecule has 0 bridgehead atoms. The normalized spacial score (nSPS) is 12.0. The molecule has 0 aliphatic carbocycles. The van der Waals surface area contributed by atoms with Crippen LogP contribution < -0.4 is 15.9 Å². The largest absolute Gasteiger partial charge is 0.492 e. The van der Waals surface area contributed by atoms with Crippen molar-refractivity contribution in [2.75, 3.05) is 17.8 Å². The number of anilines is 1. The third kappa shape index (κ3) is 4.11. The number of rotatable bonds is 7. The highest BCUT2D eigenvalue weighted by Gasteiger charge is 2.21. The molecule has 1 amide bonds. The fourth-order valence-corrected chi connectivity index (χ4v) is 3.39. The van der Waals surface area contributed by atoms with Crippen molar-refractivity contribution in [3.63, 3.8) is 0 Å².